The van der Waals surface area contributed by atoms with Gasteiger partial charge in [-0.05, 0) is 32.0 Å². The predicted octanol–water partition coefficient (Wildman–Crippen LogP) is 2.59. The molecule has 92 valence electrons. The molecule has 3 aromatic rings. The van der Waals surface area contributed by atoms with Crippen LogP contribution in [0.3, 0.4) is 0 Å². The van der Waals surface area contributed by atoms with Gasteiger partial charge in [0.25, 0.3) is 0 Å². The summed E-state index contributed by atoms with van der Waals surface area (Å²) >= 11 is 0. The number of nitrogens with zero attached hydrogens (tertiary/aromatic N) is 4. The van der Waals surface area contributed by atoms with Crippen LogP contribution in [0.15, 0.2) is 24.3 Å². The molecule has 0 N–H and O–H groups in total. The van der Waals surface area contributed by atoms with Gasteiger partial charge in [-0.25, -0.2) is 0 Å². The van der Waals surface area contributed by atoms with E-state index in [1.165, 1.54) is 10.9 Å². The monoisotopic (exact) mass is 240 g/mol. The van der Waals surface area contributed by atoms with Crippen molar-refractivity contribution in [1.82, 2.24) is 19.6 Å². The Morgan fingerprint density at radius 3 is 2.39 bits per heavy atom. The van der Waals surface area contributed by atoms with Crippen LogP contribution in [0.1, 0.15) is 11.4 Å². The second-order valence-electron chi connectivity index (χ2n) is 4.74. The summed E-state index contributed by atoms with van der Waals surface area (Å²) in [4.78, 5) is 0. The molecule has 0 fully saturated rings. The number of hydrogen-bond donors (Lipinski definition) is 0. The second kappa shape index (κ2) is 3.70. The van der Waals surface area contributed by atoms with Crippen molar-refractivity contribution in [2.24, 2.45) is 14.1 Å². The molecule has 0 aliphatic carbocycles. The van der Waals surface area contributed by atoms with E-state index in [1.54, 1.807) is 0 Å². The summed E-state index contributed by atoms with van der Waals surface area (Å²) < 4.78 is 3.84. The van der Waals surface area contributed by atoms with Crippen molar-refractivity contribution in [3.63, 3.8) is 0 Å². The van der Waals surface area contributed by atoms with E-state index in [9.17, 15) is 0 Å². The predicted molar refractivity (Wildman–Crippen MR) is 72.4 cm³/mol. The molecule has 0 bridgehead atoms. The van der Waals surface area contributed by atoms with E-state index < -0.39 is 0 Å². The van der Waals surface area contributed by atoms with E-state index >= 15 is 0 Å². The Balaban J connectivity index is 2.25. The highest BCUT2D eigenvalue weighted by Crippen LogP contribution is 2.26. The summed E-state index contributed by atoms with van der Waals surface area (Å²) in [7, 11) is 3.95. The molecule has 0 aliphatic rings. The lowest BCUT2D eigenvalue weighted by molar-refractivity contribution is 0.764. The first kappa shape index (κ1) is 11.0. The fourth-order valence-corrected chi connectivity index (χ4v) is 2.48. The minimum Gasteiger partial charge on any atom is -0.268 e. The minimum absolute atomic E-state index is 1.04. The molecule has 3 rings (SSSR count). The van der Waals surface area contributed by atoms with Crippen molar-refractivity contribution < 1.29 is 0 Å². The number of aryl methyl sites for hydroxylation is 4. The molecule has 4 nitrogen and oxygen atoms in total. The van der Waals surface area contributed by atoms with Gasteiger partial charge in [0.1, 0.15) is 0 Å². The summed E-state index contributed by atoms with van der Waals surface area (Å²) in [5, 5.41) is 10.0. The van der Waals surface area contributed by atoms with E-state index in [4.69, 9.17) is 0 Å². The first-order valence-electron chi connectivity index (χ1n) is 6.00. The van der Waals surface area contributed by atoms with Gasteiger partial charge in [-0.2, -0.15) is 10.2 Å². The van der Waals surface area contributed by atoms with Crippen molar-refractivity contribution in [2.75, 3.05) is 0 Å². The van der Waals surface area contributed by atoms with E-state index in [-0.39, 0.29) is 0 Å². The fraction of sp³-hybridized carbons (Fsp3) is 0.286. The molecule has 0 amide bonds. The van der Waals surface area contributed by atoms with Crippen LogP contribution >= 0.6 is 0 Å². The highest BCUT2D eigenvalue weighted by molar-refractivity contribution is 5.86. The van der Waals surface area contributed by atoms with E-state index in [1.807, 2.05) is 37.3 Å². The maximum atomic E-state index is 4.45. The molecule has 0 atom stereocenters. The standard InChI is InChI=1S/C14H16N4/c1-9-7-14(18(4)15-9)11-5-6-13-12(8-11)10(2)16-17(13)3/h5-8H,1-4H3. The third kappa shape index (κ3) is 1.53. The van der Waals surface area contributed by atoms with Crippen molar-refractivity contribution in [1.29, 1.82) is 0 Å². The molecule has 0 saturated carbocycles. The molecule has 0 aliphatic heterocycles. The van der Waals surface area contributed by atoms with Crippen LogP contribution in [0.4, 0.5) is 0 Å². The summed E-state index contributed by atoms with van der Waals surface area (Å²) in [5.74, 6) is 0. The van der Waals surface area contributed by atoms with Gasteiger partial charge in [0.2, 0.25) is 0 Å². The number of fused-ring (bicyclic) bond motifs is 1. The van der Waals surface area contributed by atoms with Crippen LogP contribution in [0.2, 0.25) is 0 Å². The molecule has 0 saturated heterocycles. The first-order chi connectivity index (χ1) is 8.56. The lowest BCUT2D eigenvalue weighted by atomic mass is 10.1. The first-order valence-corrected chi connectivity index (χ1v) is 6.00. The minimum atomic E-state index is 1.04. The maximum absolute atomic E-state index is 4.45. The fourth-order valence-electron chi connectivity index (χ4n) is 2.48. The van der Waals surface area contributed by atoms with Gasteiger partial charge < -0.3 is 0 Å². The SMILES string of the molecule is Cc1cc(-c2ccc3c(c2)c(C)nn3C)n(C)n1. The summed E-state index contributed by atoms with van der Waals surface area (Å²) in [5.41, 5.74) is 5.58. The number of rotatable bonds is 1. The van der Waals surface area contributed by atoms with E-state index in [0.717, 1.165) is 22.6 Å². The van der Waals surface area contributed by atoms with Crippen LogP contribution < -0.4 is 0 Å². The largest absolute Gasteiger partial charge is 0.268 e. The van der Waals surface area contributed by atoms with Gasteiger partial charge in [-0.1, -0.05) is 6.07 Å². The van der Waals surface area contributed by atoms with E-state index in [0.29, 0.717) is 0 Å². The van der Waals surface area contributed by atoms with Crippen molar-refractivity contribution in [3.05, 3.63) is 35.7 Å². The zero-order chi connectivity index (χ0) is 12.9. The molecule has 1 aromatic carbocycles. The lowest BCUT2D eigenvalue weighted by Crippen LogP contribution is -1.94. The topological polar surface area (TPSA) is 35.6 Å². The number of benzene rings is 1. The highest BCUT2D eigenvalue weighted by atomic mass is 15.3. The Bertz CT molecular complexity index is 734. The van der Waals surface area contributed by atoms with Gasteiger partial charge in [-0.3, -0.25) is 9.36 Å². The molecule has 4 heteroatoms. The Kier molecular flexibility index (Phi) is 2.26. The zero-order valence-electron chi connectivity index (χ0n) is 11.1. The molecule has 0 unspecified atom stereocenters. The summed E-state index contributed by atoms with van der Waals surface area (Å²) in [6.45, 7) is 4.05. The molecule has 2 heterocycles. The van der Waals surface area contributed by atoms with Crippen LogP contribution in [-0.4, -0.2) is 19.6 Å². The van der Waals surface area contributed by atoms with Gasteiger partial charge in [-0.15, -0.1) is 0 Å². The third-order valence-corrected chi connectivity index (χ3v) is 3.33. The Morgan fingerprint density at radius 2 is 1.72 bits per heavy atom. The van der Waals surface area contributed by atoms with Crippen LogP contribution in [0, 0.1) is 13.8 Å². The average Bonchev–Trinajstić information content (AvgIpc) is 2.80. The molecule has 18 heavy (non-hydrogen) atoms. The normalized spacial score (nSPS) is 11.3. The second-order valence-corrected chi connectivity index (χ2v) is 4.74. The van der Waals surface area contributed by atoms with Gasteiger partial charge in [0.15, 0.2) is 0 Å². The smallest absolute Gasteiger partial charge is 0.0682 e. The van der Waals surface area contributed by atoms with Crippen molar-refractivity contribution in [2.45, 2.75) is 13.8 Å². The van der Waals surface area contributed by atoms with Crippen LogP contribution in [-0.2, 0) is 14.1 Å². The van der Waals surface area contributed by atoms with Crippen molar-refractivity contribution in [3.8, 4) is 11.3 Å². The highest BCUT2D eigenvalue weighted by Gasteiger charge is 2.09. The summed E-state index contributed by atoms with van der Waals surface area (Å²) in [6.07, 6.45) is 0. The zero-order valence-corrected chi connectivity index (χ0v) is 11.1. The van der Waals surface area contributed by atoms with Crippen LogP contribution in [0.5, 0.6) is 0 Å². The Morgan fingerprint density at radius 1 is 0.944 bits per heavy atom. The van der Waals surface area contributed by atoms with Gasteiger partial charge >= 0.3 is 0 Å². The molecule has 2 aromatic heterocycles. The van der Waals surface area contributed by atoms with Crippen molar-refractivity contribution >= 4 is 10.9 Å². The Labute approximate surface area is 106 Å². The Hall–Kier alpha value is -2.10. The molecular formula is C14H16N4. The lowest BCUT2D eigenvalue weighted by Gasteiger charge is -2.02. The van der Waals surface area contributed by atoms with Gasteiger partial charge in [0, 0.05) is 25.0 Å². The molecule has 0 spiro atoms. The molecule has 0 radical (unpaired) electrons. The number of hydrogen-bond acceptors (Lipinski definition) is 2. The molecular weight excluding hydrogens is 224 g/mol. The average molecular weight is 240 g/mol. The van der Waals surface area contributed by atoms with E-state index in [2.05, 4.69) is 34.5 Å². The quantitative estimate of drug-likeness (QED) is 0.655. The van der Waals surface area contributed by atoms with Gasteiger partial charge in [0.05, 0.1) is 22.6 Å². The number of aromatic nitrogens is 4. The van der Waals surface area contributed by atoms with Crippen LogP contribution in [0.25, 0.3) is 22.2 Å². The third-order valence-electron chi connectivity index (χ3n) is 3.33. The summed E-state index contributed by atoms with van der Waals surface area (Å²) in [6, 6.07) is 8.54. The maximum Gasteiger partial charge on any atom is 0.0682 e.